The van der Waals surface area contributed by atoms with Crippen molar-refractivity contribution < 1.29 is 5.11 Å². The number of nitrogens with one attached hydrogen (secondary N) is 1. The van der Waals surface area contributed by atoms with E-state index in [0.29, 0.717) is 26.8 Å². The van der Waals surface area contributed by atoms with Crippen LogP contribution in [0.4, 0.5) is 0 Å². The summed E-state index contributed by atoms with van der Waals surface area (Å²) in [6.45, 7) is 1.85. The van der Waals surface area contributed by atoms with Crippen molar-refractivity contribution in [2.75, 3.05) is 0 Å². The number of aromatic nitrogens is 3. The smallest absolute Gasteiger partial charge is 0.280 e. The molecule has 7 heteroatoms. The number of aryl methyl sites for hydroxylation is 1. The van der Waals surface area contributed by atoms with Gasteiger partial charge in [0.2, 0.25) is 0 Å². The first kappa shape index (κ1) is 16.7. The molecule has 0 saturated carbocycles. The number of H-pyrrole nitrogens is 1. The lowest BCUT2D eigenvalue weighted by atomic mass is 10.1. The maximum absolute atomic E-state index is 12.9. The van der Waals surface area contributed by atoms with Crippen LogP contribution in [-0.4, -0.2) is 19.7 Å². The van der Waals surface area contributed by atoms with E-state index in [0.717, 1.165) is 16.8 Å². The third kappa shape index (κ3) is 2.57. The molecule has 130 valence electrons. The number of phenolic OH excluding ortho intramolecular Hbond substituents is 1. The number of benzene rings is 2. The van der Waals surface area contributed by atoms with E-state index >= 15 is 0 Å². The van der Waals surface area contributed by atoms with Crippen LogP contribution in [0.5, 0.6) is 5.75 Å². The number of aromatic amines is 1. The molecule has 0 saturated heterocycles. The van der Waals surface area contributed by atoms with Crippen molar-refractivity contribution in [1.82, 2.24) is 14.6 Å². The van der Waals surface area contributed by atoms with Gasteiger partial charge in [0.15, 0.2) is 5.65 Å². The van der Waals surface area contributed by atoms with Crippen molar-refractivity contribution in [2.24, 2.45) is 0 Å². The van der Waals surface area contributed by atoms with E-state index in [1.807, 2.05) is 13.0 Å². The number of rotatable bonds is 2. The van der Waals surface area contributed by atoms with Crippen LogP contribution in [0.1, 0.15) is 5.69 Å². The molecule has 0 unspecified atom stereocenters. The quantitative estimate of drug-likeness (QED) is 0.526. The van der Waals surface area contributed by atoms with Gasteiger partial charge in [-0.15, -0.1) is 0 Å². The number of aromatic hydroxyl groups is 1. The van der Waals surface area contributed by atoms with Gasteiger partial charge >= 0.3 is 0 Å². The Morgan fingerprint density at radius 3 is 2.58 bits per heavy atom. The summed E-state index contributed by atoms with van der Waals surface area (Å²) in [6, 6.07) is 11.9. The zero-order valence-corrected chi connectivity index (χ0v) is 15.1. The number of halogens is 2. The fourth-order valence-corrected chi connectivity index (χ4v) is 3.31. The lowest BCUT2D eigenvalue weighted by Crippen LogP contribution is -2.17. The van der Waals surface area contributed by atoms with Gasteiger partial charge in [-0.25, -0.2) is 9.50 Å². The highest BCUT2D eigenvalue weighted by atomic mass is 35.5. The Labute approximate surface area is 158 Å². The van der Waals surface area contributed by atoms with Crippen molar-refractivity contribution in [3.05, 3.63) is 74.8 Å². The van der Waals surface area contributed by atoms with Gasteiger partial charge in [0.05, 0.1) is 15.6 Å². The average Bonchev–Trinajstić information content (AvgIpc) is 2.96. The minimum absolute atomic E-state index is 0.0272. The molecule has 0 aliphatic heterocycles. The molecule has 0 radical (unpaired) electrons. The predicted molar refractivity (Wildman–Crippen MR) is 103 cm³/mol. The molecular formula is C19H13Cl2N3O2. The van der Waals surface area contributed by atoms with E-state index in [1.54, 1.807) is 30.3 Å². The fraction of sp³-hybridized carbons (Fsp3) is 0.0526. The Kier molecular flexibility index (Phi) is 3.98. The standard InChI is InChI=1S/C19H13Cl2N3O2/c1-10-17(11-6-7-14(20)15(21)8-11)18-22-9-13(19(26)24(18)23-10)12-4-2-3-5-16(12)25/h2-9,23,25H,1H3. The van der Waals surface area contributed by atoms with Crippen molar-refractivity contribution >= 4 is 28.8 Å². The molecule has 0 bridgehead atoms. The summed E-state index contributed by atoms with van der Waals surface area (Å²) in [4.78, 5) is 17.4. The molecule has 4 aromatic rings. The van der Waals surface area contributed by atoms with Gasteiger partial charge < -0.3 is 5.11 Å². The van der Waals surface area contributed by atoms with Gasteiger partial charge in [-0.3, -0.25) is 9.89 Å². The van der Waals surface area contributed by atoms with Gasteiger partial charge in [0, 0.05) is 23.0 Å². The summed E-state index contributed by atoms with van der Waals surface area (Å²) in [6.07, 6.45) is 1.47. The van der Waals surface area contributed by atoms with Gasteiger partial charge in [-0.2, -0.15) is 0 Å². The SMILES string of the molecule is Cc1[nH]n2c(=O)c(-c3ccccc3O)cnc2c1-c1ccc(Cl)c(Cl)c1. The molecule has 2 aromatic carbocycles. The molecule has 0 fully saturated rings. The van der Waals surface area contributed by atoms with Gasteiger partial charge in [0.25, 0.3) is 5.56 Å². The zero-order valence-electron chi connectivity index (χ0n) is 13.6. The summed E-state index contributed by atoms with van der Waals surface area (Å²) in [5, 5.41) is 14.0. The van der Waals surface area contributed by atoms with Crippen molar-refractivity contribution in [1.29, 1.82) is 0 Å². The summed E-state index contributed by atoms with van der Waals surface area (Å²) in [5.41, 5.74) is 3.26. The molecule has 0 amide bonds. The second-order valence-electron chi connectivity index (χ2n) is 5.89. The third-order valence-corrected chi connectivity index (χ3v) is 4.98. The molecule has 0 atom stereocenters. The lowest BCUT2D eigenvalue weighted by Gasteiger charge is -2.05. The maximum atomic E-state index is 12.9. The number of hydrogen-bond acceptors (Lipinski definition) is 3. The molecule has 2 aromatic heterocycles. The van der Waals surface area contributed by atoms with Crippen LogP contribution in [0.2, 0.25) is 10.0 Å². The molecule has 5 nitrogen and oxygen atoms in total. The highest BCUT2D eigenvalue weighted by molar-refractivity contribution is 6.42. The van der Waals surface area contributed by atoms with Gasteiger partial charge in [0.1, 0.15) is 5.75 Å². The van der Waals surface area contributed by atoms with Crippen LogP contribution in [-0.2, 0) is 0 Å². The predicted octanol–water partition coefficient (Wildman–Crippen LogP) is 4.68. The molecule has 0 aliphatic carbocycles. The average molecular weight is 386 g/mol. The fourth-order valence-electron chi connectivity index (χ4n) is 3.01. The third-order valence-electron chi connectivity index (χ3n) is 4.24. The first-order valence-electron chi connectivity index (χ1n) is 7.81. The minimum Gasteiger partial charge on any atom is -0.507 e. The van der Waals surface area contributed by atoms with Crippen LogP contribution in [0.15, 0.2) is 53.5 Å². The van der Waals surface area contributed by atoms with Crippen molar-refractivity contribution in [3.8, 4) is 28.0 Å². The molecular weight excluding hydrogens is 373 g/mol. The zero-order chi connectivity index (χ0) is 18.4. The topological polar surface area (TPSA) is 70.4 Å². The summed E-state index contributed by atoms with van der Waals surface area (Å²) in [7, 11) is 0. The first-order chi connectivity index (χ1) is 12.5. The Hall–Kier alpha value is -2.76. The molecule has 4 rings (SSSR count). The maximum Gasteiger partial charge on any atom is 0.280 e. The van der Waals surface area contributed by atoms with Crippen LogP contribution in [0.25, 0.3) is 27.9 Å². The largest absolute Gasteiger partial charge is 0.507 e. The highest BCUT2D eigenvalue weighted by Gasteiger charge is 2.17. The van der Waals surface area contributed by atoms with Gasteiger partial charge in [-0.1, -0.05) is 47.5 Å². The van der Waals surface area contributed by atoms with Crippen LogP contribution >= 0.6 is 23.2 Å². The summed E-state index contributed by atoms with van der Waals surface area (Å²) >= 11 is 12.1. The van der Waals surface area contributed by atoms with E-state index in [2.05, 4.69) is 10.1 Å². The van der Waals surface area contributed by atoms with E-state index in [4.69, 9.17) is 23.2 Å². The van der Waals surface area contributed by atoms with Crippen molar-refractivity contribution in [3.63, 3.8) is 0 Å². The number of fused-ring (bicyclic) bond motifs is 1. The normalized spacial score (nSPS) is 11.2. The summed E-state index contributed by atoms with van der Waals surface area (Å²) < 4.78 is 1.37. The molecule has 2 heterocycles. The van der Waals surface area contributed by atoms with E-state index in [-0.39, 0.29) is 11.3 Å². The van der Waals surface area contributed by atoms with E-state index in [1.165, 1.54) is 16.8 Å². The molecule has 26 heavy (non-hydrogen) atoms. The Balaban J connectivity index is 1.98. The highest BCUT2D eigenvalue weighted by Crippen LogP contribution is 2.32. The lowest BCUT2D eigenvalue weighted by molar-refractivity contribution is 0.477. The van der Waals surface area contributed by atoms with Crippen LogP contribution in [0, 0.1) is 6.92 Å². The van der Waals surface area contributed by atoms with E-state index < -0.39 is 0 Å². The Bertz CT molecular complexity index is 1210. The Morgan fingerprint density at radius 1 is 1.08 bits per heavy atom. The first-order valence-corrected chi connectivity index (χ1v) is 8.57. The second-order valence-corrected chi connectivity index (χ2v) is 6.71. The molecule has 0 spiro atoms. The molecule has 2 N–H and O–H groups in total. The number of hydrogen-bond donors (Lipinski definition) is 2. The van der Waals surface area contributed by atoms with Crippen LogP contribution < -0.4 is 5.56 Å². The van der Waals surface area contributed by atoms with Gasteiger partial charge in [-0.05, 0) is 30.7 Å². The number of phenols is 1. The van der Waals surface area contributed by atoms with E-state index in [9.17, 15) is 9.90 Å². The molecule has 0 aliphatic rings. The monoisotopic (exact) mass is 385 g/mol. The summed E-state index contributed by atoms with van der Waals surface area (Å²) in [5.74, 6) is 0.0272. The second kappa shape index (κ2) is 6.20. The van der Waals surface area contributed by atoms with Crippen molar-refractivity contribution in [2.45, 2.75) is 6.92 Å². The van der Waals surface area contributed by atoms with Crippen LogP contribution in [0.3, 0.4) is 0 Å². The minimum atomic E-state index is -0.300. The Morgan fingerprint density at radius 2 is 1.85 bits per heavy atom. The number of nitrogens with zero attached hydrogens (tertiary/aromatic N) is 2. The number of para-hydroxylation sites is 1.